The predicted molar refractivity (Wildman–Crippen MR) is 112 cm³/mol. The van der Waals surface area contributed by atoms with E-state index in [9.17, 15) is 18.0 Å². The van der Waals surface area contributed by atoms with Gasteiger partial charge in [0.1, 0.15) is 0 Å². The lowest BCUT2D eigenvalue weighted by molar-refractivity contribution is -0.154. The van der Waals surface area contributed by atoms with Crippen LogP contribution in [0.2, 0.25) is 0 Å². The zero-order valence-electron chi connectivity index (χ0n) is 17.7. The Balaban J connectivity index is 1.83. The summed E-state index contributed by atoms with van der Waals surface area (Å²) in [6.45, 7) is -0.478. The number of carbonyl (C=O) groups is 1. The number of benzene rings is 1. The number of guanidine groups is 1. The van der Waals surface area contributed by atoms with Crippen molar-refractivity contribution < 1.29 is 22.7 Å². The zero-order valence-corrected chi connectivity index (χ0v) is 17.7. The minimum Gasteiger partial charge on any atom is -0.468 e. The largest absolute Gasteiger partial charge is 0.468 e. The highest BCUT2D eigenvalue weighted by Crippen LogP contribution is 2.17. The second-order valence-electron chi connectivity index (χ2n) is 6.91. The van der Waals surface area contributed by atoms with Gasteiger partial charge >= 0.3 is 6.18 Å². The second kappa shape index (κ2) is 11.2. The molecule has 1 aromatic heterocycles. The second-order valence-corrected chi connectivity index (χ2v) is 6.91. The first-order valence-corrected chi connectivity index (χ1v) is 9.57. The van der Waals surface area contributed by atoms with E-state index in [1.807, 2.05) is 18.2 Å². The van der Waals surface area contributed by atoms with E-state index in [0.717, 1.165) is 5.56 Å². The van der Waals surface area contributed by atoms with Crippen molar-refractivity contribution in [3.8, 4) is 5.88 Å². The maximum absolute atomic E-state index is 12.3. The average Bonchev–Trinajstić information content (AvgIpc) is 2.74. The van der Waals surface area contributed by atoms with E-state index in [4.69, 9.17) is 0 Å². The van der Waals surface area contributed by atoms with Crippen molar-refractivity contribution in [1.29, 1.82) is 0 Å². The highest BCUT2D eigenvalue weighted by Gasteiger charge is 2.28. The Labute approximate surface area is 179 Å². The number of aliphatic imine (C=N–C) groups is 1. The first-order valence-electron chi connectivity index (χ1n) is 9.57. The molecule has 0 spiro atoms. The molecule has 0 saturated carbocycles. The molecule has 0 aliphatic carbocycles. The van der Waals surface area contributed by atoms with Gasteiger partial charge in [0.15, 0.2) is 12.6 Å². The van der Waals surface area contributed by atoms with Crippen molar-refractivity contribution >= 4 is 11.9 Å². The fourth-order valence-corrected chi connectivity index (χ4v) is 2.64. The standard InChI is InChI=1S/C21H26F3N5O2/c1-25-20(27-10-7-15-5-4-6-17(11-15)19(30)29(2)3)28-13-16-8-9-26-18(12-16)31-14-21(22,23)24/h4-6,8-9,11-12H,7,10,13-14H2,1-3H3,(H2,25,27,28). The molecule has 2 N–H and O–H groups in total. The van der Waals surface area contributed by atoms with E-state index in [2.05, 4.69) is 25.3 Å². The molecule has 0 unspecified atom stereocenters. The Bertz CT molecular complexity index is 901. The number of ether oxygens (including phenoxy) is 1. The lowest BCUT2D eigenvalue weighted by Crippen LogP contribution is -2.37. The summed E-state index contributed by atoms with van der Waals surface area (Å²) < 4.78 is 41.5. The molecule has 2 rings (SSSR count). The Morgan fingerprint density at radius 1 is 1.16 bits per heavy atom. The highest BCUT2D eigenvalue weighted by molar-refractivity contribution is 5.94. The van der Waals surface area contributed by atoms with Crippen LogP contribution in [-0.2, 0) is 13.0 Å². The minimum absolute atomic E-state index is 0.0526. The van der Waals surface area contributed by atoms with Crippen LogP contribution in [0.3, 0.4) is 0 Å². The summed E-state index contributed by atoms with van der Waals surface area (Å²) in [4.78, 5) is 21.5. The summed E-state index contributed by atoms with van der Waals surface area (Å²) >= 11 is 0. The number of amides is 1. The molecule has 0 radical (unpaired) electrons. The topological polar surface area (TPSA) is 78.9 Å². The molecule has 0 atom stereocenters. The maximum Gasteiger partial charge on any atom is 0.422 e. The highest BCUT2D eigenvalue weighted by atomic mass is 19.4. The molecule has 1 heterocycles. The van der Waals surface area contributed by atoms with Crippen LogP contribution < -0.4 is 15.4 Å². The summed E-state index contributed by atoms with van der Waals surface area (Å²) in [6.07, 6.45) is -2.35. The van der Waals surface area contributed by atoms with Gasteiger partial charge in [-0.1, -0.05) is 12.1 Å². The monoisotopic (exact) mass is 437 g/mol. The third kappa shape index (κ3) is 8.53. The number of nitrogens with zero attached hydrogens (tertiary/aromatic N) is 3. The number of halogens is 3. The fraction of sp³-hybridized carbons (Fsp3) is 0.381. The van der Waals surface area contributed by atoms with Gasteiger partial charge in [0.05, 0.1) is 0 Å². The van der Waals surface area contributed by atoms with Crippen LogP contribution in [0.25, 0.3) is 0 Å². The van der Waals surface area contributed by atoms with Crippen molar-refractivity contribution in [2.45, 2.75) is 19.1 Å². The van der Waals surface area contributed by atoms with Gasteiger partial charge in [0.25, 0.3) is 5.91 Å². The van der Waals surface area contributed by atoms with Crippen LogP contribution in [0, 0.1) is 0 Å². The van der Waals surface area contributed by atoms with Crippen molar-refractivity contribution in [1.82, 2.24) is 20.5 Å². The van der Waals surface area contributed by atoms with Crippen LogP contribution in [0.15, 0.2) is 47.6 Å². The maximum atomic E-state index is 12.3. The normalized spacial score (nSPS) is 11.7. The Morgan fingerprint density at radius 2 is 1.94 bits per heavy atom. The molecule has 10 heteroatoms. The zero-order chi connectivity index (χ0) is 22.9. The summed E-state index contributed by atoms with van der Waals surface area (Å²) in [5.74, 6) is 0.394. The Kier molecular flexibility index (Phi) is 8.65. The van der Waals surface area contributed by atoms with Crippen molar-refractivity contribution in [2.24, 2.45) is 4.99 Å². The van der Waals surface area contributed by atoms with E-state index in [-0.39, 0.29) is 11.8 Å². The predicted octanol–water partition coefficient (Wildman–Crippen LogP) is 2.63. The lowest BCUT2D eigenvalue weighted by Gasteiger charge is -2.14. The van der Waals surface area contributed by atoms with Crippen molar-refractivity contribution in [2.75, 3.05) is 34.3 Å². The molecular weight excluding hydrogens is 411 g/mol. The molecule has 0 aliphatic heterocycles. The van der Waals surface area contributed by atoms with Gasteiger partial charge in [-0.3, -0.25) is 9.79 Å². The van der Waals surface area contributed by atoms with Crippen molar-refractivity contribution in [3.05, 3.63) is 59.3 Å². The number of alkyl halides is 3. The number of hydrogen-bond donors (Lipinski definition) is 2. The molecule has 168 valence electrons. The third-order valence-electron chi connectivity index (χ3n) is 4.15. The van der Waals surface area contributed by atoms with Crippen LogP contribution in [-0.4, -0.2) is 62.2 Å². The number of pyridine rings is 1. The summed E-state index contributed by atoms with van der Waals surface area (Å²) in [5, 5.41) is 6.26. The molecule has 31 heavy (non-hydrogen) atoms. The van der Waals surface area contributed by atoms with Crippen LogP contribution in [0.1, 0.15) is 21.5 Å². The van der Waals surface area contributed by atoms with E-state index < -0.39 is 12.8 Å². The number of rotatable bonds is 8. The van der Waals surface area contributed by atoms with Crippen LogP contribution in [0.5, 0.6) is 5.88 Å². The van der Waals surface area contributed by atoms with Gasteiger partial charge in [0.2, 0.25) is 5.88 Å². The molecule has 7 nitrogen and oxygen atoms in total. The molecule has 2 aromatic rings. The molecular formula is C21H26F3N5O2. The number of carbonyl (C=O) groups excluding carboxylic acids is 1. The van der Waals surface area contributed by atoms with Gasteiger partial charge < -0.3 is 20.3 Å². The van der Waals surface area contributed by atoms with Gasteiger partial charge in [-0.05, 0) is 35.7 Å². The smallest absolute Gasteiger partial charge is 0.422 e. The van der Waals surface area contributed by atoms with Gasteiger partial charge in [-0.25, -0.2) is 4.98 Å². The van der Waals surface area contributed by atoms with Crippen LogP contribution in [0.4, 0.5) is 13.2 Å². The Hall–Kier alpha value is -3.30. The van der Waals surface area contributed by atoms with E-state index >= 15 is 0 Å². The lowest BCUT2D eigenvalue weighted by atomic mass is 10.1. The van der Waals surface area contributed by atoms with Crippen LogP contribution >= 0.6 is 0 Å². The van der Waals surface area contributed by atoms with E-state index in [1.54, 1.807) is 33.3 Å². The average molecular weight is 437 g/mol. The fourth-order valence-electron chi connectivity index (χ4n) is 2.64. The van der Waals surface area contributed by atoms with E-state index in [0.29, 0.717) is 36.6 Å². The molecule has 1 aromatic carbocycles. The van der Waals surface area contributed by atoms with Gasteiger partial charge in [-0.2, -0.15) is 13.2 Å². The van der Waals surface area contributed by atoms with Gasteiger partial charge in [-0.15, -0.1) is 0 Å². The third-order valence-corrected chi connectivity index (χ3v) is 4.15. The quantitative estimate of drug-likeness (QED) is 0.490. The van der Waals surface area contributed by atoms with Crippen molar-refractivity contribution in [3.63, 3.8) is 0 Å². The Morgan fingerprint density at radius 3 is 2.61 bits per heavy atom. The number of hydrogen-bond acceptors (Lipinski definition) is 4. The SMILES string of the molecule is CN=C(NCCc1cccc(C(=O)N(C)C)c1)NCc1ccnc(OCC(F)(F)F)c1. The first-order chi connectivity index (χ1) is 14.7. The molecule has 0 saturated heterocycles. The first kappa shape index (κ1) is 24.0. The summed E-state index contributed by atoms with van der Waals surface area (Å²) in [6, 6.07) is 10.6. The van der Waals surface area contributed by atoms with Gasteiger partial charge in [0, 0.05) is 52.1 Å². The van der Waals surface area contributed by atoms with E-state index in [1.165, 1.54) is 17.2 Å². The number of nitrogens with one attached hydrogen (secondary N) is 2. The molecule has 0 fully saturated rings. The molecule has 0 bridgehead atoms. The summed E-state index contributed by atoms with van der Waals surface area (Å²) in [5.41, 5.74) is 2.34. The molecule has 0 aliphatic rings. The minimum atomic E-state index is -4.42. The molecule has 1 amide bonds. The summed E-state index contributed by atoms with van der Waals surface area (Å²) in [7, 11) is 5.04. The number of aromatic nitrogens is 1.